The number of hydrogen-bond donors (Lipinski definition) is 2. The number of nitriles is 1. The Balaban J connectivity index is 1.53. The number of aromatic amines is 1. The Morgan fingerprint density at radius 1 is 1.37 bits per heavy atom. The molecule has 0 saturated heterocycles. The fourth-order valence-electron chi connectivity index (χ4n) is 3.53. The molecule has 3 aromatic rings. The third-order valence-corrected chi connectivity index (χ3v) is 4.99. The molecule has 0 spiro atoms. The number of aromatic nitrogens is 2. The van der Waals surface area contributed by atoms with Gasteiger partial charge in [0.25, 0.3) is 5.88 Å². The van der Waals surface area contributed by atoms with Gasteiger partial charge in [-0.1, -0.05) is 19.3 Å². The lowest BCUT2D eigenvalue weighted by Crippen LogP contribution is -2.04. The molecule has 0 bridgehead atoms. The molecule has 7 nitrogen and oxygen atoms in total. The number of benzene rings is 1. The van der Waals surface area contributed by atoms with Crippen molar-refractivity contribution in [1.29, 1.82) is 5.26 Å². The lowest BCUT2D eigenvalue weighted by atomic mass is 9.89. The molecule has 2 aromatic heterocycles. The molecule has 0 aliphatic heterocycles. The second-order valence-electron chi connectivity index (χ2n) is 6.70. The van der Waals surface area contributed by atoms with Crippen LogP contribution < -0.4 is 10.2 Å². The van der Waals surface area contributed by atoms with Crippen LogP contribution in [-0.2, 0) is 0 Å². The molecule has 2 N–H and O–H groups in total. The summed E-state index contributed by atoms with van der Waals surface area (Å²) in [5.41, 5.74) is 4.97. The Bertz CT molecular complexity index is 1010. The molecule has 2 heterocycles. The number of methoxy groups -OCH3 is 1. The van der Waals surface area contributed by atoms with Crippen LogP contribution in [0.1, 0.15) is 55.2 Å². The van der Waals surface area contributed by atoms with E-state index in [0.717, 1.165) is 35.1 Å². The summed E-state index contributed by atoms with van der Waals surface area (Å²) in [5, 5.41) is 14.6. The molecule has 1 saturated carbocycles. The molecular weight excluding hydrogens is 342 g/mol. The molecule has 1 aliphatic carbocycles. The van der Waals surface area contributed by atoms with E-state index in [1.807, 2.05) is 24.4 Å². The second-order valence-corrected chi connectivity index (χ2v) is 6.70. The molecule has 0 radical (unpaired) electrons. The first-order valence-electron chi connectivity index (χ1n) is 9.13. The van der Waals surface area contributed by atoms with Crippen molar-refractivity contribution in [3.63, 3.8) is 0 Å². The van der Waals surface area contributed by atoms with E-state index in [0.29, 0.717) is 17.7 Å². The highest BCUT2D eigenvalue weighted by Gasteiger charge is 2.23. The van der Waals surface area contributed by atoms with Crippen molar-refractivity contribution in [3.8, 4) is 11.8 Å². The van der Waals surface area contributed by atoms with Crippen LogP contribution in [0.5, 0.6) is 5.75 Å². The van der Waals surface area contributed by atoms with Crippen LogP contribution in [0.3, 0.4) is 0 Å². The Kier molecular flexibility index (Phi) is 4.79. The summed E-state index contributed by atoms with van der Waals surface area (Å²) in [6, 6.07) is 7.89. The van der Waals surface area contributed by atoms with E-state index in [9.17, 15) is 5.26 Å². The zero-order valence-corrected chi connectivity index (χ0v) is 15.2. The van der Waals surface area contributed by atoms with Gasteiger partial charge in [0.05, 0.1) is 13.3 Å². The van der Waals surface area contributed by atoms with Gasteiger partial charge in [-0.2, -0.15) is 10.4 Å². The first kappa shape index (κ1) is 17.2. The number of H-pyrrole nitrogens is 1. The highest BCUT2D eigenvalue weighted by molar-refractivity contribution is 5.99. The van der Waals surface area contributed by atoms with E-state index in [-0.39, 0.29) is 5.69 Å². The fraction of sp³-hybridized carbons (Fsp3) is 0.350. The number of hydrogen-bond acceptors (Lipinski definition) is 6. The van der Waals surface area contributed by atoms with Crippen LogP contribution in [0.4, 0.5) is 5.88 Å². The van der Waals surface area contributed by atoms with Gasteiger partial charge in [-0.15, -0.1) is 0 Å². The number of ether oxygens (including phenoxy) is 1. The van der Waals surface area contributed by atoms with Crippen molar-refractivity contribution in [2.75, 3.05) is 12.5 Å². The van der Waals surface area contributed by atoms with E-state index >= 15 is 0 Å². The lowest BCUT2D eigenvalue weighted by molar-refractivity contribution is 0.367. The number of hydrazone groups is 1. The maximum atomic E-state index is 9.33. The first-order chi connectivity index (χ1) is 13.3. The van der Waals surface area contributed by atoms with Gasteiger partial charge in [0, 0.05) is 28.6 Å². The largest absolute Gasteiger partial charge is 0.497 e. The van der Waals surface area contributed by atoms with Gasteiger partial charge in [-0.25, -0.2) is 10.4 Å². The van der Waals surface area contributed by atoms with E-state index in [1.54, 1.807) is 13.3 Å². The van der Waals surface area contributed by atoms with Gasteiger partial charge in [0.2, 0.25) is 11.6 Å². The van der Waals surface area contributed by atoms with Crippen molar-refractivity contribution in [3.05, 3.63) is 41.5 Å². The van der Waals surface area contributed by atoms with Gasteiger partial charge in [0.1, 0.15) is 11.8 Å². The van der Waals surface area contributed by atoms with Gasteiger partial charge < -0.3 is 14.1 Å². The number of nitrogens with one attached hydrogen (secondary N) is 2. The van der Waals surface area contributed by atoms with Crippen LogP contribution in [0, 0.1) is 11.3 Å². The quantitative estimate of drug-likeness (QED) is 0.512. The molecule has 4 rings (SSSR count). The molecule has 1 aliphatic rings. The third-order valence-electron chi connectivity index (χ3n) is 4.99. The predicted octanol–water partition coefficient (Wildman–Crippen LogP) is 4.53. The predicted molar refractivity (Wildman–Crippen MR) is 103 cm³/mol. The zero-order chi connectivity index (χ0) is 18.6. The van der Waals surface area contributed by atoms with Crippen LogP contribution >= 0.6 is 0 Å². The SMILES string of the molecule is COc1ccc2[nH]cc(/C=N/Nc3oc(C4CCCCC4)nc3C#N)c2c1. The summed E-state index contributed by atoms with van der Waals surface area (Å²) < 4.78 is 11.1. The van der Waals surface area contributed by atoms with E-state index in [1.165, 1.54) is 19.3 Å². The molecule has 0 amide bonds. The van der Waals surface area contributed by atoms with Gasteiger partial charge in [-0.3, -0.25) is 0 Å². The van der Waals surface area contributed by atoms with E-state index < -0.39 is 0 Å². The number of rotatable bonds is 5. The summed E-state index contributed by atoms with van der Waals surface area (Å²) in [4.78, 5) is 7.55. The first-order valence-corrected chi connectivity index (χ1v) is 9.13. The average Bonchev–Trinajstić information content (AvgIpc) is 3.32. The standard InChI is InChI=1S/C20H21N5O2/c1-26-15-7-8-17-16(9-15)14(11-22-17)12-23-25-20-18(10-21)24-19(27-20)13-5-3-2-4-6-13/h7-9,11-13,22,25H,2-6H2,1H3/b23-12+. The molecule has 0 atom stereocenters. The molecule has 1 fully saturated rings. The minimum absolute atomic E-state index is 0.244. The Hall–Kier alpha value is -3.27. The van der Waals surface area contributed by atoms with Crippen LogP contribution in [0.15, 0.2) is 33.9 Å². The van der Waals surface area contributed by atoms with Gasteiger partial charge in [0.15, 0.2) is 0 Å². The minimum Gasteiger partial charge on any atom is -0.497 e. The Labute approximate surface area is 157 Å². The van der Waals surface area contributed by atoms with Gasteiger partial charge >= 0.3 is 0 Å². The smallest absolute Gasteiger partial charge is 0.252 e. The number of oxazole rings is 1. The minimum atomic E-state index is 0.244. The zero-order valence-electron chi connectivity index (χ0n) is 15.2. The summed E-state index contributed by atoms with van der Waals surface area (Å²) in [5.74, 6) is 2.02. The second kappa shape index (κ2) is 7.54. The maximum Gasteiger partial charge on any atom is 0.252 e. The molecule has 7 heteroatoms. The van der Waals surface area contributed by atoms with Crippen LogP contribution in [-0.4, -0.2) is 23.3 Å². The highest BCUT2D eigenvalue weighted by atomic mass is 16.5. The summed E-state index contributed by atoms with van der Waals surface area (Å²) >= 11 is 0. The van der Waals surface area contributed by atoms with E-state index in [4.69, 9.17) is 9.15 Å². The van der Waals surface area contributed by atoms with Crippen molar-refractivity contribution < 1.29 is 9.15 Å². The average molecular weight is 363 g/mol. The van der Waals surface area contributed by atoms with Crippen LogP contribution in [0.25, 0.3) is 10.9 Å². The van der Waals surface area contributed by atoms with Crippen molar-refractivity contribution in [2.24, 2.45) is 5.10 Å². The molecule has 0 unspecified atom stereocenters. The number of nitrogens with zero attached hydrogens (tertiary/aromatic N) is 3. The third kappa shape index (κ3) is 3.51. The van der Waals surface area contributed by atoms with Crippen molar-refractivity contribution >= 4 is 23.0 Å². The number of fused-ring (bicyclic) bond motifs is 1. The summed E-state index contributed by atoms with van der Waals surface area (Å²) in [6.07, 6.45) is 9.29. The Morgan fingerprint density at radius 3 is 3.00 bits per heavy atom. The summed E-state index contributed by atoms with van der Waals surface area (Å²) in [6.45, 7) is 0. The molecule has 1 aromatic carbocycles. The van der Waals surface area contributed by atoms with Crippen molar-refractivity contribution in [2.45, 2.75) is 38.0 Å². The normalized spacial score (nSPS) is 15.3. The molecule has 138 valence electrons. The monoisotopic (exact) mass is 363 g/mol. The molecule has 27 heavy (non-hydrogen) atoms. The van der Waals surface area contributed by atoms with Crippen LogP contribution in [0.2, 0.25) is 0 Å². The summed E-state index contributed by atoms with van der Waals surface area (Å²) in [7, 11) is 1.64. The maximum absolute atomic E-state index is 9.33. The fourth-order valence-corrected chi connectivity index (χ4v) is 3.53. The lowest BCUT2D eigenvalue weighted by Gasteiger charge is -2.17. The number of anilines is 1. The molecular formula is C20H21N5O2. The topological polar surface area (TPSA) is 99.2 Å². The van der Waals surface area contributed by atoms with E-state index in [2.05, 4.69) is 26.6 Å². The van der Waals surface area contributed by atoms with Gasteiger partial charge in [-0.05, 0) is 31.0 Å². The highest BCUT2D eigenvalue weighted by Crippen LogP contribution is 2.34. The Morgan fingerprint density at radius 2 is 2.22 bits per heavy atom. The van der Waals surface area contributed by atoms with Crippen molar-refractivity contribution in [1.82, 2.24) is 9.97 Å².